The lowest BCUT2D eigenvalue weighted by molar-refractivity contribution is 0.0703. The number of likely N-dealkylation sites (tertiary alicyclic amines) is 1. The quantitative estimate of drug-likeness (QED) is 0.909. The average Bonchev–Trinajstić information content (AvgIpc) is 2.75. The van der Waals surface area contributed by atoms with Gasteiger partial charge in [-0.15, -0.1) is 23.7 Å². The topological polar surface area (TPSA) is 32.3 Å². The maximum Gasteiger partial charge on any atom is 0.264 e. The Labute approximate surface area is 117 Å². The first kappa shape index (κ1) is 14.8. The average molecular weight is 295 g/mol. The van der Waals surface area contributed by atoms with Gasteiger partial charge in [-0.05, 0) is 32.0 Å². The highest BCUT2D eigenvalue weighted by Crippen LogP contribution is 2.23. The number of nitrogens with one attached hydrogen (secondary N) is 1. The second-order valence-electron chi connectivity index (χ2n) is 3.98. The lowest BCUT2D eigenvalue weighted by Crippen LogP contribution is -2.46. The van der Waals surface area contributed by atoms with Crippen LogP contribution in [0.25, 0.3) is 0 Å². The fourth-order valence-electron chi connectivity index (χ4n) is 1.98. The van der Waals surface area contributed by atoms with E-state index < -0.39 is 0 Å². The maximum absolute atomic E-state index is 12.1. The predicted octanol–water partition coefficient (Wildman–Crippen LogP) is 2.65. The van der Waals surface area contributed by atoms with Crippen LogP contribution in [0.4, 0.5) is 0 Å². The Morgan fingerprint density at radius 1 is 1.59 bits per heavy atom. The van der Waals surface area contributed by atoms with E-state index in [4.69, 9.17) is 11.6 Å². The van der Waals surface area contributed by atoms with Crippen LogP contribution in [0.5, 0.6) is 0 Å². The largest absolute Gasteiger partial charge is 0.336 e. The minimum absolute atomic E-state index is 0. The highest BCUT2D eigenvalue weighted by atomic mass is 35.5. The minimum Gasteiger partial charge on any atom is -0.336 e. The number of rotatable bonds is 2. The maximum atomic E-state index is 12.1. The van der Waals surface area contributed by atoms with Crippen LogP contribution in [0.2, 0.25) is 4.34 Å². The third kappa shape index (κ3) is 3.58. The summed E-state index contributed by atoms with van der Waals surface area (Å²) in [6.07, 6.45) is 2.21. The number of hydrogen-bond donors (Lipinski definition) is 1. The lowest BCUT2D eigenvalue weighted by Gasteiger charge is -2.32. The second-order valence-corrected chi connectivity index (χ2v) is 5.70. The second kappa shape index (κ2) is 6.59. The molecule has 1 fully saturated rings. The van der Waals surface area contributed by atoms with E-state index in [2.05, 4.69) is 5.32 Å². The molecule has 0 aromatic carbocycles. The van der Waals surface area contributed by atoms with Crippen molar-refractivity contribution in [2.75, 3.05) is 20.1 Å². The number of carbonyl (C=O) groups excluding carboxylic acids is 1. The van der Waals surface area contributed by atoms with Gasteiger partial charge in [-0.1, -0.05) is 11.6 Å². The Bertz CT molecular complexity index is 383. The normalized spacial score (nSPS) is 19.9. The van der Waals surface area contributed by atoms with Gasteiger partial charge in [-0.3, -0.25) is 4.79 Å². The van der Waals surface area contributed by atoms with Crippen LogP contribution >= 0.6 is 35.3 Å². The summed E-state index contributed by atoms with van der Waals surface area (Å²) in [4.78, 5) is 14.8. The summed E-state index contributed by atoms with van der Waals surface area (Å²) in [6, 6.07) is 4.00. The molecule has 0 spiro atoms. The molecule has 1 saturated heterocycles. The standard InChI is InChI=1S/C11H15ClN2OS.ClH/c1-13-8-3-2-6-14(7-8)11(15)9-4-5-10(12)16-9;/h4-5,8,13H,2-3,6-7H2,1H3;1H. The Morgan fingerprint density at radius 2 is 2.35 bits per heavy atom. The number of piperidine rings is 1. The zero-order chi connectivity index (χ0) is 11.5. The molecule has 1 aromatic heterocycles. The van der Waals surface area contributed by atoms with Crippen molar-refractivity contribution < 1.29 is 4.79 Å². The van der Waals surface area contributed by atoms with Gasteiger partial charge in [0.1, 0.15) is 0 Å². The van der Waals surface area contributed by atoms with Gasteiger partial charge < -0.3 is 10.2 Å². The first-order valence-corrected chi connectivity index (χ1v) is 6.62. The van der Waals surface area contributed by atoms with Crippen molar-refractivity contribution in [3.63, 3.8) is 0 Å². The molecule has 3 nitrogen and oxygen atoms in total. The fraction of sp³-hybridized carbons (Fsp3) is 0.545. The van der Waals surface area contributed by atoms with Crippen molar-refractivity contribution in [1.29, 1.82) is 0 Å². The van der Waals surface area contributed by atoms with Crippen LogP contribution in [0.1, 0.15) is 22.5 Å². The van der Waals surface area contributed by atoms with Crippen molar-refractivity contribution in [2.45, 2.75) is 18.9 Å². The van der Waals surface area contributed by atoms with Crippen molar-refractivity contribution in [1.82, 2.24) is 10.2 Å². The molecule has 0 radical (unpaired) electrons. The van der Waals surface area contributed by atoms with Gasteiger partial charge in [0.25, 0.3) is 5.91 Å². The number of thiophene rings is 1. The molecule has 0 saturated carbocycles. The van der Waals surface area contributed by atoms with E-state index in [0.29, 0.717) is 10.4 Å². The SMILES string of the molecule is CNC1CCCN(C(=O)c2ccc(Cl)s2)C1.Cl. The minimum atomic E-state index is 0. The molecule has 0 bridgehead atoms. The van der Waals surface area contributed by atoms with E-state index in [9.17, 15) is 4.79 Å². The monoisotopic (exact) mass is 294 g/mol. The molecule has 1 aromatic rings. The molecule has 1 unspecified atom stereocenters. The van der Waals surface area contributed by atoms with Crippen LogP contribution in [0.15, 0.2) is 12.1 Å². The van der Waals surface area contributed by atoms with Gasteiger partial charge in [0.05, 0.1) is 9.21 Å². The number of halogens is 2. The number of carbonyl (C=O) groups is 1. The first-order valence-electron chi connectivity index (χ1n) is 5.42. The zero-order valence-corrected chi connectivity index (χ0v) is 12.0. The van der Waals surface area contributed by atoms with Gasteiger partial charge in [0.2, 0.25) is 0 Å². The lowest BCUT2D eigenvalue weighted by atomic mass is 10.1. The zero-order valence-electron chi connectivity index (χ0n) is 9.61. The summed E-state index contributed by atoms with van der Waals surface area (Å²) >= 11 is 7.19. The van der Waals surface area contributed by atoms with Gasteiger partial charge >= 0.3 is 0 Å². The third-order valence-corrected chi connectivity index (χ3v) is 4.12. The fourth-order valence-corrected chi connectivity index (χ4v) is 2.99. The van der Waals surface area contributed by atoms with Crippen molar-refractivity contribution in [2.24, 2.45) is 0 Å². The van der Waals surface area contributed by atoms with Gasteiger partial charge in [0, 0.05) is 19.1 Å². The van der Waals surface area contributed by atoms with Crippen molar-refractivity contribution in [3.05, 3.63) is 21.3 Å². The highest BCUT2D eigenvalue weighted by molar-refractivity contribution is 7.17. The predicted molar refractivity (Wildman–Crippen MR) is 74.6 cm³/mol. The molecule has 1 aliphatic rings. The number of amides is 1. The molecule has 1 amide bonds. The van der Waals surface area contributed by atoms with Crippen LogP contribution in [-0.4, -0.2) is 37.0 Å². The summed E-state index contributed by atoms with van der Waals surface area (Å²) in [5.74, 6) is 0.108. The molecule has 2 rings (SSSR count). The molecule has 17 heavy (non-hydrogen) atoms. The Hall–Kier alpha value is -0.290. The molecule has 0 aliphatic carbocycles. The van der Waals surface area contributed by atoms with Crippen molar-refractivity contribution >= 4 is 41.3 Å². The van der Waals surface area contributed by atoms with Gasteiger partial charge in [-0.2, -0.15) is 0 Å². The molecule has 2 heterocycles. The summed E-state index contributed by atoms with van der Waals surface area (Å²) < 4.78 is 0.672. The smallest absolute Gasteiger partial charge is 0.264 e. The van der Waals surface area contributed by atoms with E-state index in [-0.39, 0.29) is 18.3 Å². The Kier molecular flexibility index (Phi) is 5.73. The van der Waals surface area contributed by atoms with Crippen LogP contribution in [-0.2, 0) is 0 Å². The molecular formula is C11H16Cl2N2OS. The first-order chi connectivity index (χ1) is 7.70. The van der Waals surface area contributed by atoms with E-state index in [1.54, 1.807) is 12.1 Å². The van der Waals surface area contributed by atoms with E-state index in [1.807, 2.05) is 11.9 Å². The summed E-state index contributed by atoms with van der Waals surface area (Å²) in [6.45, 7) is 1.65. The van der Waals surface area contributed by atoms with E-state index in [0.717, 1.165) is 30.8 Å². The molecule has 1 N–H and O–H groups in total. The Morgan fingerprint density at radius 3 is 2.94 bits per heavy atom. The van der Waals surface area contributed by atoms with Gasteiger partial charge in [0.15, 0.2) is 0 Å². The van der Waals surface area contributed by atoms with E-state index >= 15 is 0 Å². The van der Waals surface area contributed by atoms with Crippen LogP contribution < -0.4 is 5.32 Å². The summed E-state index contributed by atoms with van der Waals surface area (Å²) in [7, 11) is 1.95. The molecule has 1 atom stereocenters. The van der Waals surface area contributed by atoms with Gasteiger partial charge in [-0.25, -0.2) is 0 Å². The van der Waals surface area contributed by atoms with Crippen molar-refractivity contribution in [3.8, 4) is 0 Å². The molecular weight excluding hydrogens is 279 g/mol. The molecule has 1 aliphatic heterocycles. The number of likely N-dealkylation sites (N-methyl/N-ethyl adjacent to an activating group) is 1. The molecule has 6 heteroatoms. The molecule has 96 valence electrons. The van der Waals surface area contributed by atoms with Crippen LogP contribution in [0, 0.1) is 0 Å². The summed E-state index contributed by atoms with van der Waals surface area (Å²) in [5.41, 5.74) is 0. The Balaban J connectivity index is 0.00000144. The van der Waals surface area contributed by atoms with Crippen LogP contribution in [0.3, 0.4) is 0 Å². The summed E-state index contributed by atoms with van der Waals surface area (Å²) in [5, 5.41) is 3.23. The number of nitrogens with zero attached hydrogens (tertiary/aromatic N) is 1. The number of hydrogen-bond acceptors (Lipinski definition) is 3. The van der Waals surface area contributed by atoms with E-state index in [1.165, 1.54) is 11.3 Å². The highest BCUT2D eigenvalue weighted by Gasteiger charge is 2.24. The third-order valence-electron chi connectivity index (χ3n) is 2.90.